The van der Waals surface area contributed by atoms with Gasteiger partial charge >= 0.3 is 12.4 Å². The van der Waals surface area contributed by atoms with Gasteiger partial charge in [-0.2, -0.15) is 26.3 Å². The normalized spacial score (nSPS) is 22.6. The van der Waals surface area contributed by atoms with E-state index < -0.39 is 23.5 Å². The zero-order valence-corrected chi connectivity index (χ0v) is 11.2. The first kappa shape index (κ1) is 16.4. The summed E-state index contributed by atoms with van der Waals surface area (Å²) in [6, 6.07) is 0. The molecule has 19 heavy (non-hydrogen) atoms. The smallest absolute Gasteiger partial charge is 0.166 e. The van der Waals surface area contributed by atoms with Crippen LogP contribution in [0.3, 0.4) is 0 Å². The van der Waals surface area contributed by atoms with E-state index in [9.17, 15) is 26.3 Å². The van der Waals surface area contributed by atoms with Crippen LogP contribution in [0, 0.1) is 11.3 Å². The number of rotatable bonds is 0. The predicted molar refractivity (Wildman–Crippen MR) is 60.5 cm³/mol. The number of halogens is 6. The molecule has 0 atom stereocenters. The van der Waals surface area contributed by atoms with Crippen molar-refractivity contribution in [2.45, 2.75) is 58.8 Å². The molecule has 0 aromatic carbocycles. The second-order valence-corrected chi connectivity index (χ2v) is 6.11. The summed E-state index contributed by atoms with van der Waals surface area (Å²) in [6.07, 6.45) is -10.1. The lowest BCUT2D eigenvalue weighted by Gasteiger charge is -2.35. The van der Waals surface area contributed by atoms with Gasteiger partial charge in [0, 0.05) is 0 Å². The Bertz CT molecular complexity index is 327. The lowest BCUT2D eigenvalue weighted by molar-refractivity contribution is -0.173. The van der Waals surface area contributed by atoms with E-state index in [1.165, 1.54) is 0 Å². The van der Waals surface area contributed by atoms with Gasteiger partial charge in [-0.25, -0.2) is 0 Å². The molecule has 1 aliphatic rings. The predicted octanol–water partition coefficient (Wildman–Crippen LogP) is 5.64. The standard InChI is InChI=1S/C13H18F6/c1-11(2,3)9-6-4-8(5-7-9)10(12(14,15)16)13(17,18)19/h9H,4-7H2,1-3H3. The number of hydrogen-bond acceptors (Lipinski definition) is 0. The van der Waals surface area contributed by atoms with Crippen LogP contribution in [0.1, 0.15) is 46.5 Å². The third-order valence-corrected chi connectivity index (χ3v) is 3.73. The lowest BCUT2D eigenvalue weighted by atomic mass is 9.70. The molecule has 1 aliphatic carbocycles. The molecule has 0 N–H and O–H groups in total. The molecule has 112 valence electrons. The van der Waals surface area contributed by atoms with Crippen LogP contribution in [0.4, 0.5) is 26.3 Å². The SMILES string of the molecule is CC(C)(C)C1CCC(=C(C(F)(F)F)C(F)(F)F)CC1. The Morgan fingerprint density at radius 1 is 0.842 bits per heavy atom. The average molecular weight is 288 g/mol. The van der Waals surface area contributed by atoms with Crippen LogP contribution in [-0.4, -0.2) is 12.4 Å². The Morgan fingerprint density at radius 3 is 1.47 bits per heavy atom. The van der Waals surface area contributed by atoms with E-state index in [4.69, 9.17) is 0 Å². The van der Waals surface area contributed by atoms with Crippen molar-refractivity contribution in [1.82, 2.24) is 0 Å². The molecule has 0 radical (unpaired) electrons. The van der Waals surface area contributed by atoms with Gasteiger partial charge in [0.25, 0.3) is 0 Å². The minimum atomic E-state index is -5.32. The highest BCUT2D eigenvalue weighted by molar-refractivity contribution is 5.25. The van der Waals surface area contributed by atoms with Crippen molar-refractivity contribution in [3.8, 4) is 0 Å². The van der Waals surface area contributed by atoms with E-state index in [-0.39, 0.29) is 24.2 Å². The molecule has 0 saturated heterocycles. The summed E-state index contributed by atoms with van der Waals surface area (Å²) in [5, 5.41) is 0. The van der Waals surface area contributed by atoms with Crippen LogP contribution in [0.2, 0.25) is 0 Å². The molecule has 0 heterocycles. The first-order valence-corrected chi connectivity index (χ1v) is 6.20. The average Bonchev–Trinajstić information content (AvgIpc) is 2.12. The van der Waals surface area contributed by atoms with E-state index in [2.05, 4.69) is 0 Å². The van der Waals surface area contributed by atoms with Crippen LogP contribution in [-0.2, 0) is 0 Å². The summed E-state index contributed by atoms with van der Waals surface area (Å²) in [4.78, 5) is 0. The maximum Gasteiger partial charge on any atom is 0.421 e. The number of hydrogen-bond donors (Lipinski definition) is 0. The molecule has 0 unspecified atom stereocenters. The van der Waals surface area contributed by atoms with Crippen molar-refractivity contribution in [2.75, 3.05) is 0 Å². The van der Waals surface area contributed by atoms with Crippen LogP contribution < -0.4 is 0 Å². The Labute approximate surface area is 108 Å². The van der Waals surface area contributed by atoms with Gasteiger partial charge in [-0.05, 0) is 37.0 Å². The largest absolute Gasteiger partial charge is 0.421 e. The zero-order valence-electron chi connectivity index (χ0n) is 11.2. The molecule has 0 aromatic rings. The van der Waals surface area contributed by atoms with Gasteiger partial charge in [-0.3, -0.25) is 0 Å². The Balaban J connectivity index is 2.99. The Kier molecular flexibility index (Phi) is 4.32. The fraction of sp³-hybridized carbons (Fsp3) is 0.846. The van der Waals surface area contributed by atoms with Crippen molar-refractivity contribution in [2.24, 2.45) is 11.3 Å². The number of allylic oxidation sites excluding steroid dienone is 2. The third kappa shape index (κ3) is 4.14. The van der Waals surface area contributed by atoms with Crippen LogP contribution in [0.15, 0.2) is 11.1 Å². The van der Waals surface area contributed by atoms with Crippen molar-refractivity contribution in [3.05, 3.63) is 11.1 Å². The van der Waals surface area contributed by atoms with Gasteiger partial charge in [0.1, 0.15) is 5.57 Å². The molecule has 0 aliphatic heterocycles. The molecular weight excluding hydrogens is 270 g/mol. The summed E-state index contributed by atoms with van der Waals surface area (Å²) in [5.41, 5.74) is -2.85. The molecular formula is C13H18F6. The minimum absolute atomic E-state index is 0.0812. The molecule has 6 heteroatoms. The van der Waals surface area contributed by atoms with E-state index in [1.54, 1.807) is 0 Å². The summed E-state index contributed by atoms with van der Waals surface area (Å²) in [5.74, 6) is 0.166. The first-order valence-electron chi connectivity index (χ1n) is 6.20. The Morgan fingerprint density at radius 2 is 1.21 bits per heavy atom. The van der Waals surface area contributed by atoms with Gasteiger partial charge in [0.15, 0.2) is 0 Å². The van der Waals surface area contributed by atoms with Crippen LogP contribution in [0.25, 0.3) is 0 Å². The molecule has 1 fully saturated rings. The van der Waals surface area contributed by atoms with Gasteiger partial charge in [-0.1, -0.05) is 26.3 Å². The molecule has 0 amide bonds. The third-order valence-electron chi connectivity index (χ3n) is 3.73. The topological polar surface area (TPSA) is 0 Å². The number of alkyl halides is 6. The highest BCUT2D eigenvalue weighted by atomic mass is 19.4. The minimum Gasteiger partial charge on any atom is -0.166 e. The molecule has 0 nitrogen and oxygen atoms in total. The summed E-state index contributed by atoms with van der Waals surface area (Å²) in [7, 11) is 0. The van der Waals surface area contributed by atoms with E-state index >= 15 is 0 Å². The van der Waals surface area contributed by atoms with Gasteiger partial charge in [-0.15, -0.1) is 0 Å². The van der Waals surface area contributed by atoms with E-state index in [1.807, 2.05) is 20.8 Å². The van der Waals surface area contributed by atoms with Crippen molar-refractivity contribution >= 4 is 0 Å². The molecule has 1 rings (SSSR count). The Hall–Kier alpha value is -0.680. The lowest BCUT2D eigenvalue weighted by Crippen LogP contribution is -2.30. The molecule has 1 saturated carbocycles. The monoisotopic (exact) mass is 288 g/mol. The second kappa shape index (κ2) is 5.02. The fourth-order valence-corrected chi connectivity index (χ4v) is 2.64. The van der Waals surface area contributed by atoms with Gasteiger partial charge in [0.05, 0.1) is 0 Å². The van der Waals surface area contributed by atoms with Crippen LogP contribution >= 0.6 is 0 Å². The van der Waals surface area contributed by atoms with Gasteiger partial charge in [0.2, 0.25) is 0 Å². The first-order chi connectivity index (χ1) is 8.33. The molecule has 0 spiro atoms. The maximum atomic E-state index is 12.6. The highest BCUT2D eigenvalue weighted by Gasteiger charge is 2.52. The fourth-order valence-electron chi connectivity index (χ4n) is 2.64. The highest BCUT2D eigenvalue weighted by Crippen LogP contribution is 2.47. The van der Waals surface area contributed by atoms with Crippen molar-refractivity contribution < 1.29 is 26.3 Å². The summed E-state index contributed by atoms with van der Waals surface area (Å²) in [6.45, 7) is 5.88. The van der Waals surface area contributed by atoms with Gasteiger partial charge < -0.3 is 0 Å². The van der Waals surface area contributed by atoms with Crippen LogP contribution in [0.5, 0.6) is 0 Å². The second-order valence-electron chi connectivity index (χ2n) is 6.11. The van der Waals surface area contributed by atoms with Crippen molar-refractivity contribution in [1.29, 1.82) is 0 Å². The zero-order chi connectivity index (χ0) is 15.1. The maximum absolute atomic E-state index is 12.6. The van der Waals surface area contributed by atoms with Crippen molar-refractivity contribution in [3.63, 3.8) is 0 Å². The van der Waals surface area contributed by atoms with E-state index in [0.29, 0.717) is 12.8 Å². The quantitative estimate of drug-likeness (QED) is 0.399. The summed E-state index contributed by atoms with van der Waals surface area (Å²) < 4.78 is 75.3. The van der Waals surface area contributed by atoms with E-state index in [0.717, 1.165) is 0 Å². The molecule has 0 bridgehead atoms. The molecule has 0 aromatic heterocycles. The summed E-state index contributed by atoms with van der Waals surface area (Å²) >= 11 is 0.